The van der Waals surface area contributed by atoms with E-state index in [-0.39, 0.29) is 12.1 Å². The number of fused-ring (bicyclic) bond motifs is 1. The Balaban J connectivity index is 1.68. The molecule has 5 heteroatoms. The number of hydrogen-bond donors (Lipinski definition) is 1. The summed E-state index contributed by atoms with van der Waals surface area (Å²) in [5, 5.41) is 3.02. The highest BCUT2D eigenvalue weighted by Gasteiger charge is 2.32. The lowest BCUT2D eigenvalue weighted by Gasteiger charge is -2.37. The van der Waals surface area contributed by atoms with Crippen LogP contribution in [0, 0.1) is 6.92 Å². The summed E-state index contributed by atoms with van der Waals surface area (Å²) in [6.45, 7) is 3.49. The first-order chi connectivity index (χ1) is 13.2. The Morgan fingerprint density at radius 3 is 2.59 bits per heavy atom. The molecule has 0 saturated carbocycles. The molecule has 0 bridgehead atoms. The standard InChI is InChI=1S/C22H23N3O2/c1-16-9-11-17(12-10-16)21-19-7-5-13-24(19)14-15-25(21)22(26)23-18-6-3-4-8-20(18)27-2/h3-13,21H,14-15H2,1-2H3,(H,23,26)/t21-/m1/s1. The Kier molecular flexibility index (Phi) is 4.59. The molecule has 3 aromatic rings. The van der Waals surface area contributed by atoms with Crippen LogP contribution in [0.25, 0.3) is 0 Å². The normalized spacial score (nSPS) is 15.9. The van der Waals surface area contributed by atoms with Crippen molar-refractivity contribution in [1.82, 2.24) is 9.47 Å². The Labute approximate surface area is 159 Å². The number of aromatic nitrogens is 1. The van der Waals surface area contributed by atoms with Crippen LogP contribution in [0.1, 0.15) is 22.9 Å². The van der Waals surface area contributed by atoms with E-state index in [1.165, 1.54) is 5.56 Å². The van der Waals surface area contributed by atoms with Crippen molar-refractivity contribution in [2.75, 3.05) is 19.0 Å². The lowest BCUT2D eigenvalue weighted by atomic mass is 9.99. The highest BCUT2D eigenvalue weighted by atomic mass is 16.5. The molecule has 5 nitrogen and oxygen atoms in total. The number of nitrogens with zero attached hydrogens (tertiary/aromatic N) is 2. The van der Waals surface area contributed by atoms with Crippen molar-refractivity contribution in [2.24, 2.45) is 0 Å². The number of methoxy groups -OCH3 is 1. The Bertz CT molecular complexity index is 946. The molecule has 1 aliphatic rings. The van der Waals surface area contributed by atoms with Gasteiger partial charge in [-0.25, -0.2) is 4.79 Å². The van der Waals surface area contributed by atoms with Gasteiger partial charge in [0.05, 0.1) is 18.8 Å². The van der Waals surface area contributed by atoms with Crippen LogP contribution in [0.3, 0.4) is 0 Å². The average Bonchev–Trinajstić information content (AvgIpc) is 3.17. The number of nitrogens with one attached hydrogen (secondary N) is 1. The van der Waals surface area contributed by atoms with E-state index in [1.807, 2.05) is 35.2 Å². The van der Waals surface area contributed by atoms with Crippen LogP contribution in [0.4, 0.5) is 10.5 Å². The minimum absolute atomic E-state index is 0.121. The van der Waals surface area contributed by atoms with Gasteiger partial charge in [0.15, 0.2) is 0 Å². The number of para-hydroxylation sites is 2. The molecule has 1 atom stereocenters. The molecule has 0 saturated heterocycles. The first-order valence-corrected chi connectivity index (χ1v) is 9.09. The van der Waals surface area contributed by atoms with Crippen molar-refractivity contribution in [3.05, 3.63) is 83.7 Å². The Hall–Kier alpha value is -3.21. The SMILES string of the molecule is COc1ccccc1NC(=O)N1CCn2cccc2[C@H]1c1ccc(C)cc1. The van der Waals surface area contributed by atoms with Crippen LogP contribution in [-0.2, 0) is 6.54 Å². The largest absolute Gasteiger partial charge is 0.495 e. The number of ether oxygens (including phenoxy) is 1. The molecule has 4 rings (SSSR count). The van der Waals surface area contributed by atoms with Gasteiger partial charge in [-0.3, -0.25) is 0 Å². The van der Waals surface area contributed by atoms with E-state index in [4.69, 9.17) is 4.74 Å². The molecule has 2 heterocycles. The van der Waals surface area contributed by atoms with Gasteiger partial charge in [-0.15, -0.1) is 0 Å². The van der Waals surface area contributed by atoms with Crippen molar-refractivity contribution in [3.63, 3.8) is 0 Å². The number of carbonyl (C=O) groups excluding carboxylic acids is 1. The maximum atomic E-state index is 13.2. The zero-order valence-electron chi connectivity index (χ0n) is 15.6. The monoisotopic (exact) mass is 361 g/mol. The van der Waals surface area contributed by atoms with Crippen molar-refractivity contribution < 1.29 is 9.53 Å². The summed E-state index contributed by atoms with van der Waals surface area (Å²) in [6, 6.07) is 19.7. The second-order valence-corrected chi connectivity index (χ2v) is 6.76. The summed E-state index contributed by atoms with van der Waals surface area (Å²) in [4.78, 5) is 15.1. The Morgan fingerprint density at radius 2 is 1.81 bits per heavy atom. The second kappa shape index (κ2) is 7.19. The van der Waals surface area contributed by atoms with E-state index < -0.39 is 0 Å². The van der Waals surface area contributed by atoms with Crippen molar-refractivity contribution >= 4 is 11.7 Å². The molecule has 27 heavy (non-hydrogen) atoms. The van der Waals surface area contributed by atoms with Gasteiger partial charge in [0, 0.05) is 25.0 Å². The summed E-state index contributed by atoms with van der Waals surface area (Å²) >= 11 is 0. The fraction of sp³-hybridized carbons (Fsp3) is 0.227. The highest BCUT2D eigenvalue weighted by molar-refractivity contribution is 5.91. The van der Waals surface area contributed by atoms with Crippen LogP contribution in [0.5, 0.6) is 5.75 Å². The smallest absolute Gasteiger partial charge is 0.322 e. The molecule has 0 fully saturated rings. The van der Waals surface area contributed by atoms with Crippen molar-refractivity contribution in [1.29, 1.82) is 0 Å². The van der Waals surface area contributed by atoms with Crippen LogP contribution < -0.4 is 10.1 Å². The minimum Gasteiger partial charge on any atom is -0.495 e. The number of amides is 2. The van der Waals surface area contributed by atoms with E-state index in [9.17, 15) is 4.79 Å². The minimum atomic E-state index is -0.127. The summed E-state index contributed by atoms with van der Waals surface area (Å²) in [5.74, 6) is 0.651. The number of hydrogen-bond acceptors (Lipinski definition) is 2. The van der Waals surface area contributed by atoms with Gasteiger partial charge in [-0.2, -0.15) is 0 Å². The highest BCUT2D eigenvalue weighted by Crippen LogP contribution is 2.33. The topological polar surface area (TPSA) is 46.5 Å². The van der Waals surface area contributed by atoms with E-state index in [2.05, 4.69) is 53.3 Å². The van der Waals surface area contributed by atoms with Gasteiger partial charge in [-0.1, -0.05) is 42.0 Å². The predicted octanol–water partition coefficient (Wildman–Crippen LogP) is 4.44. The maximum absolute atomic E-state index is 13.2. The van der Waals surface area contributed by atoms with Gasteiger partial charge >= 0.3 is 6.03 Å². The number of benzene rings is 2. The van der Waals surface area contributed by atoms with Crippen LogP contribution in [0.15, 0.2) is 66.9 Å². The van der Waals surface area contributed by atoms with Gasteiger partial charge in [-0.05, 0) is 36.8 Å². The van der Waals surface area contributed by atoms with E-state index in [1.54, 1.807) is 7.11 Å². The van der Waals surface area contributed by atoms with Crippen molar-refractivity contribution in [3.8, 4) is 5.75 Å². The zero-order chi connectivity index (χ0) is 18.8. The Morgan fingerprint density at radius 1 is 1.04 bits per heavy atom. The molecule has 2 aromatic carbocycles. The fourth-order valence-corrected chi connectivity index (χ4v) is 3.64. The van der Waals surface area contributed by atoms with E-state index in [0.717, 1.165) is 17.8 Å². The van der Waals surface area contributed by atoms with Crippen LogP contribution in [0.2, 0.25) is 0 Å². The van der Waals surface area contributed by atoms with E-state index in [0.29, 0.717) is 18.0 Å². The predicted molar refractivity (Wildman–Crippen MR) is 106 cm³/mol. The molecule has 0 unspecified atom stereocenters. The number of rotatable bonds is 3. The quantitative estimate of drug-likeness (QED) is 0.749. The third kappa shape index (κ3) is 3.28. The zero-order valence-corrected chi connectivity index (χ0v) is 15.6. The summed E-state index contributed by atoms with van der Waals surface area (Å²) in [6.07, 6.45) is 2.08. The molecule has 0 radical (unpaired) electrons. The molecule has 0 spiro atoms. The summed E-state index contributed by atoms with van der Waals surface area (Å²) in [5.41, 5.74) is 4.11. The number of carbonyl (C=O) groups is 1. The van der Waals surface area contributed by atoms with E-state index >= 15 is 0 Å². The first kappa shape index (κ1) is 17.2. The second-order valence-electron chi connectivity index (χ2n) is 6.76. The van der Waals surface area contributed by atoms with Gasteiger partial charge in [0.2, 0.25) is 0 Å². The lowest BCUT2D eigenvalue weighted by molar-refractivity contribution is 0.181. The third-order valence-corrected chi connectivity index (χ3v) is 5.04. The molecule has 1 aliphatic heterocycles. The maximum Gasteiger partial charge on any atom is 0.322 e. The van der Waals surface area contributed by atoms with Gasteiger partial charge in [0.1, 0.15) is 5.75 Å². The molecule has 138 valence electrons. The molecular formula is C22H23N3O2. The molecule has 0 aliphatic carbocycles. The number of anilines is 1. The third-order valence-electron chi connectivity index (χ3n) is 5.04. The summed E-state index contributed by atoms with van der Waals surface area (Å²) < 4.78 is 7.58. The van der Waals surface area contributed by atoms with Crippen LogP contribution in [-0.4, -0.2) is 29.2 Å². The lowest BCUT2D eigenvalue weighted by Crippen LogP contribution is -2.44. The molecule has 2 amide bonds. The van der Waals surface area contributed by atoms with Gasteiger partial charge < -0.3 is 19.5 Å². The number of aryl methyl sites for hydroxylation is 1. The van der Waals surface area contributed by atoms with Crippen LogP contribution >= 0.6 is 0 Å². The first-order valence-electron chi connectivity index (χ1n) is 9.09. The average molecular weight is 361 g/mol. The summed E-state index contributed by atoms with van der Waals surface area (Å²) in [7, 11) is 1.61. The fourth-order valence-electron chi connectivity index (χ4n) is 3.64. The molecule has 1 aromatic heterocycles. The van der Waals surface area contributed by atoms with Crippen molar-refractivity contribution in [2.45, 2.75) is 19.5 Å². The number of urea groups is 1. The van der Waals surface area contributed by atoms with Gasteiger partial charge in [0.25, 0.3) is 0 Å². The molecule has 1 N–H and O–H groups in total. The molecular weight excluding hydrogens is 338 g/mol.